The monoisotopic (exact) mass is 1100 g/mol. The molecule has 0 bridgehead atoms. The maximum absolute atomic E-state index is 2.20. The van der Waals surface area contributed by atoms with Crippen LogP contribution in [0.3, 0.4) is 0 Å². The van der Waals surface area contributed by atoms with Gasteiger partial charge in [-0.1, -0.05) is 52.0 Å². The Morgan fingerprint density at radius 1 is 0.257 bits per heavy atom. The fraction of sp³-hybridized carbons (Fsp3) is 0.0606. The first-order valence-electron chi connectivity index (χ1n) is 23.1. The molecule has 0 nitrogen and oxygen atoms in total. The first-order valence-corrected chi connectivity index (χ1v) is 25.5. The predicted molar refractivity (Wildman–Crippen MR) is 289 cm³/mol. The van der Waals surface area contributed by atoms with Crippen LogP contribution in [0.5, 0.6) is 0 Å². The Morgan fingerprint density at radius 2 is 0.429 bits per heavy atom. The van der Waals surface area contributed by atoms with E-state index in [0.717, 1.165) is 0 Å². The Labute approximate surface area is 457 Å². The van der Waals surface area contributed by atoms with Crippen LogP contribution in [-0.4, -0.2) is 6.41 Å². The molecule has 0 N–H and O–H groups in total. The molecule has 4 heteroatoms. The Bertz CT molecular complexity index is 2820. The molecule has 70 heavy (non-hydrogen) atoms. The Balaban J connectivity index is 0.000000157. The summed E-state index contributed by atoms with van der Waals surface area (Å²) >= 11 is 2.92. The van der Waals surface area contributed by atoms with Crippen LogP contribution in [-0.2, 0) is 48.5 Å². The van der Waals surface area contributed by atoms with Gasteiger partial charge >= 0.3 is 198 Å². The number of benzene rings is 8. The molecular weight excluding hydrogens is 1050 g/mol. The quantitative estimate of drug-likeness (QED) is 0.154. The van der Waals surface area contributed by atoms with Gasteiger partial charge in [-0.25, -0.2) is 0 Å². The standard InChI is InChI=1S/2C13H10.4C10H9.2ClH.2Zr/c2*1-3-7-12(8-4-1)11-13-9-5-2-6-10-13;4*1-8-6-9-4-2-3-5-10(9)7-8;;;;/h2*1-10H;4*2-7H,1H3;2*1H;;/q;;4*-1;;;2*+2/p-2. The van der Waals surface area contributed by atoms with Gasteiger partial charge in [-0.2, -0.15) is 24.3 Å². The zero-order valence-corrected chi connectivity index (χ0v) is 46.6. The van der Waals surface area contributed by atoms with Crippen molar-refractivity contribution in [1.82, 2.24) is 0 Å². The van der Waals surface area contributed by atoms with Crippen molar-refractivity contribution in [3.05, 3.63) is 311 Å². The summed E-state index contributed by atoms with van der Waals surface area (Å²) in [6.45, 7) is 8.50. The summed E-state index contributed by atoms with van der Waals surface area (Å²) in [7, 11) is 0. The summed E-state index contributed by atoms with van der Waals surface area (Å²) in [6.07, 6.45) is 0. The summed E-state index contributed by atoms with van der Waals surface area (Å²) in [4.78, 5) is 0. The Hall–Kier alpha value is -5.71. The molecule has 0 saturated heterocycles. The third-order valence-electron chi connectivity index (χ3n) is 11.3. The van der Waals surface area contributed by atoms with Gasteiger partial charge in [0, 0.05) is 0 Å². The van der Waals surface area contributed by atoms with Gasteiger partial charge in [0.2, 0.25) is 0 Å². The van der Waals surface area contributed by atoms with Gasteiger partial charge in [-0.3, -0.25) is 0 Å². The van der Waals surface area contributed by atoms with E-state index in [1.54, 1.807) is 0 Å². The number of rotatable bonds is 4. The molecule has 0 atom stereocenters. The second-order valence-corrected chi connectivity index (χ2v) is 19.3. The van der Waals surface area contributed by atoms with Gasteiger partial charge < -0.3 is 24.8 Å². The van der Waals surface area contributed by atoms with Crippen LogP contribution in [0, 0.1) is 27.7 Å². The van der Waals surface area contributed by atoms with E-state index >= 15 is 0 Å². The van der Waals surface area contributed by atoms with E-state index in [1.165, 1.54) is 142 Å². The van der Waals surface area contributed by atoms with Gasteiger partial charge in [0.15, 0.2) is 0 Å². The molecule has 0 amide bonds. The molecule has 0 heterocycles. The van der Waals surface area contributed by atoms with Crippen LogP contribution in [0.25, 0.3) is 43.1 Å². The molecule has 0 aromatic heterocycles. The summed E-state index contributed by atoms with van der Waals surface area (Å²) in [5, 5.41) is 10.8. The van der Waals surface area contributed by atoms with Crippen LogP contribution in [0.2, 0.25) is 0 Å². The third kappa shape index (κ3) is 16.7. The van der Waals surface area contributed by atoms with Gasteiger partial charge in [-0.15, -0.1) is 162 Å². The van der Waals surface area contributed by atoms with Crippen LogP contribution in [0.4, 0.5) is 0 Å². The summed E-state index contributed by atoms with van der Waals surface area (Å²) in [5.41, 5.74) is 10.7. The first-order chi connectivity index (χ1) is 33.2. The maximum atomic E-state index is 2.20. The van der Waals surface area contributed by atoms with E-state index in [0.29, 0.717) is 0 Å². The molecule has 0 spiro atoms. The first kappa shape index (κ1) is 55.2. The van der Waals surface area contributed by atoms with E-state index in [2.05, 4.69) is 295 Å². The molecule has 0 aliphatic heterocycles. The minimum atomic E-state index is 0. The average Bonchev–Trinajstić information content (AvgIpc) is 4.18. The molecular formula is C66H56Cl2Zr2-2. The summed E-state index contributed by atoms with van der Waals surface area (Å²) in [6, 6.07) is 93.5. The predicted octanol–water partition coefficient (Wildman–Crippen LogP) is 11.1. The SMILES string of the molecule is Cc1cc2ccccc2[cH-]1.Cc1cc2ccccc2[cH-]1.Cc1cc2ccccc2[cH-]1.Cc1cc2ccccc2[cH-]1.[Cl-].[Cl-].[Zr+2]=[C](c1ccccc1)c1ccccc1.[Zr+2]=[C](c1ccccc1)c1ccccc1. The van der Waals surface area contributed by atoms with Crippen molar-refractivity contribution < 1.29 is 73.3 Å². The van der Waals surface area contributed by atoms with Crippen molar-refractivity contribution in [2.45, 2.75) is 27.7 Å². The molecule has 0 unspecified atom stereocenters. The van der Waals surface area contributed by atoms with Gasteiger partial charge in [0.05, 0.1) is 0 Å². The Kier molecular flexibility index (Phi) is 22.7. The van der Waals surface area contributed by atoms with Crippen LogP contribution < -0.4 is 24.8 Å². The fourth-order valence-electron chi connectivity index (χ4n) is 7.98. The zero-order valence-electron chi connectivity index (χ0n) is 40.2. The fourth-order valence-corrected chi connectivity index (χ4v) is 9.62. The van der Waals surface area contributed by atoms with Crippen molar-refractivity contribution in [3.63, 3.8) is 0 Å². The van der Waals surface area contributed by atoms with E-state index < -0.39 is 0 Å². The van der Waals surface area contributed by atoms with Gasteiger partial charge in [0.1, 0.15) is 0 Å². The molecule has 344 valence electrons. The normalized spacial score (nSPS) is 9.94. The summed E-state index contributed by atoms with van der Waals surface area (Å²) < 4.78 is 2.83. The molecule has 0 aliphatic rings. The number of fused-ring (bicyclic) bond motifs is 4. The molecule has 0 saturated carbocycles. The van der Waals surface area contributed by atoms with Crippen molar-refractivity contribution in [2.24, 2.45) is 0 Å². The number of halogens is 2. The molecule has 0 radical (unpaired) electrons. The molecule has 0 aliphatic carbocycles. The van der Waals surface area contributed by atoms with Crippen molar-refractivity contribution >= 4 is 49.5 Å². The Morgan fingerprint density at radius 3 is 0.614 bits per heavy atom. The van der Waals surface area contributed by atoms with Crippen LogP contribution >= 0.6 is 0 Å². The van der Waals surface area contributed by atoms with Crippen LogP contribution in [0.15, 0.2) is 267 Å². The van der Waals surface area contributed by atoms with Gasteiger partial charge in [-0.05, 0) is 0 Å². The second kappa shape index (κ2) is 28.8. The number of hydrogen-bond acceptors (Lipinski definition) is 0. The van der Waals surface area contributed by atoms with Gasteiger partial charge in [0.25, 0.3) is 0 Å². The molecule has 12 aromatic rings. The molecule has 12 rings (SSSR count). The molecule has 12 aromatic carbocycles. The third-order valence-corrected chi connectivity index (χ3v) is 14.1. The molecule has 0 fully saturated rings. The number of hydrogen-bond donors (Lipinski definition) is 0. The van der Waals surface area contributed by atoms with Crippen molar-refractivity contribution in [2.75, 3.05) is 0 Å². The number of aryl methyl sites for hydroxylation is 4. The zero-order chi connectivity index (χ0) is 47.5. The van der Waals surface area contributed by atoms with E-state index in [9.17, 15) is 0 Å². The van der Waals surface area contributed by atoms with E-state index in [-0.39, 0.29) is 24.8 Å². The van der Waals surface area contributed by atoms with Crippen molar-refractivity contribution in [1.29, 1.82) is 0 Å². The minimum absolute atomic E-state index is 0. The average molecular weight is 1100 g/mol. The van der Waals surface area contributed by atoms with Crippen LogP contribution in [0.1, 0.15) is 44.5 Å². The topological polar surface area (TPSA) is 0 Å². The van der Waals surface area contributed by atoms with Crippen molar-refractivity contribution in [3.8, 4) is 0 Å². The van der Waals surface area contributed by atoms with E-state index in [1.807, 2.05) is 0 Å². The second-order valence-electron chi connectivity index (χ2n) is 16.9. The summed E-state index contributed by atoms with van der Waals surface area (Å²) in [5.74, 6) is 0. The van der Waals surface area contributed by atoms with E-state index in [4.69, 9.17) is 0 Å².